The van der Waals surface area contributed by atoms with Crippen molar-refractivity contribution in [1.29, 1.82) is 0 Å². The molecule has 3 saturated carbocycles. The molecule has 0 aromatic rings. The molecule has 354 valence electrons. The summed E-state index contributed by atoms with van der Waals surface area (Å²) in [5.41, 5.74) is 1.48. The van der Waals surface area contributed by atoms with Crippen molar-refractivity contribution in [1.82, 2.24) is 0 Å². The van der Waals surface area contributed by atoms with Crippen LogP contribution in [0.4, 0.5) is 0 Å². The molecule has 0 bridgehead atoms. The minimum Gasteiger partial charge on any atom is -0.394 e. The lowest BCUT2D eigenvalue weighted by Gasteiger charge is -2.58. The maximum Gasteiger partial charge on any atom is 0.187 e. The Morgan fingerprint density at radius 2 is 1.35 bits per heavy atom. The van der Waals surface area contributed by atoms with E-state index in [4.69, 9.17) is 37.9 Å². The van der Waals surface area contributed by atoms with E-state index in [0.29, 0.717) is 48.3 Å². The highest BCUT2D eigenvalue weighted by atomic mass is 16.8. The molecule has 5 aliphatic heterocycles. The van der Waals surface area contributed by atoms with E-state index in [9.17, 15) is 46.0 Å². The Morgan fingerprint density at radius 3 is 2.05 bits per heavy atom. The average molecular weight is 885 g/mol. The Hall–Kier alpha value is -0.940. The smallest absolute Gasteiger partial charge is 0.187 e. The maximum absolute atomic E-state index is 12.0. The molecule has 9 rings (SSSR count). The van der Waals surface area contributed by atoms with Gasteiger partial charge in [0.05, 0.1) is 38.1 Å². The van der Waals surface area contributed by atoms with Crippen LogP contribution in [-0.4, -0.2) is 176 Å². The molecule has 4 aliphatic carbocycles. The Balaban J connectivity index is 0.917. The summed E-state index contributed by atoms with van der Waals surface area (Å²) in [7, 11) is 0. The minimum absolute atomic E-state index is 0.0356. The molecule has 5 saturated heterocycles. The standard InChI is InChI=1S/C45H72O17/c1-19-8-13-45(55-18-19)20(2)30-27(62-45)15-26-24-7-6-22-14-23(9-11-43(22,4)25(24)10-12-44(26,30)5)57-42-39(61-40-35(52)33(50)31(48)21(3)56-40)37(54)38(29(17-47)59-42)60-41-36(53)34(51)32(49)28(16-46)58-41/h6,19-21,23-42,46-54H,7-18H2,1-5H3/t19-,20+,21+,23+,24-,25+,26+,27+,28-,29-,30+,31+,32-,33-,34+,35-,36-,37+,38-,39-,40+,41+,42+,43+,44+,45-/m1/s1. The van der Waals surface area contributed by atoms with Crippen molar-refractivity contribution >= 4 is 0 Å². The number of hydrogen-bond donors (Lipinski definition) is 9. The molecule has 26 atom stereocenters. The zero-order chi connectivity index (χ0) is 44.2. The summed E-state index contributed by atoms with van der Waals surface area (Å²) in [6, 6.07) is 0. The van der Waals surface area contributed by atoms with E-state index in [1.165, 1.54) is 12.5 Å². The molecule has 0 aromatic carbocycles. The largest absolute Gasteiger partial charge is 0.394 e. The van der Waals surface area contributed by atoms with Gasteiger partial charge in [-0.25, -0.2) is 0 Å². The SMILES string of the molecule is C[C@@H]1CC[C@@]2(OC1)O[C@H]1C[C@H]3[C@@H]4CC=C5C[C@@H](O[C@H]6O[C@H](CO)[C@@H](O[C@@H]7O[C@H](CO)[C@@H](O)[C@H](O)[C@H]7O)[C@H](O)[C@H]6O[C@@H]6O[C@@H](C)[C@H](O)[C@@H](O)[C@H]6O)CC[C@]5(C)[C@H]4CC[C@]3(C)[C@H]1[C@@H]2C. The van der Waals surface area contributed by atoms with E-state index < -0.39 is 111 Å². The van der Waals surface area contributed by atoms with Crippen molar-refractivity contribution in [2.75, 3.05) is 19.8 Å². The fraction of sp³-hybridized carbons (Fsp3) is 0.956. The van der Waals surface area contributed by atoms with Gasteiger partial charge in [0.2, 0.25) is 0 Å². The third kappa shape index (κ3) is 7.49. The highest BCUT2D eigenvalue weighted by Crippen LogP contribution is 2.70. The quantitative estimate of drug-likeness (QED) is 0.148. The Morgan fingerprint density at radius 1 is 0.677 bits per heavy atom. The summed E-state index contributed by atoms with van der Waals surface area (Å²) in [5.74, 6) is 2.56. The second-order valence-electron chi connectivity index (χ2n) is 21.1. The fourth-order valence-electron chi connectivity index (χ4n) is 14.0. The van der Waals surface area contributed by atoms with Crippen molar-refractivity contribution in [3.63, 3.8) is 0 Å². The van der Waals surface area contributed by atoms with E-state index in [0.717, 1.165) is 51.6 Å². The Kier molecular flexibility index (Phi) is 12.9. The molecule has 9 aliphatic rings. The van der Waals surface area contributed by atoms with Gasteiger partial charge in [0.25, 0.3) is 0 Å². The van der Waals surface area contributed by atoms with Gasteiger partial charge in [-0.3, -0.25) is 0 Å². The highest BCUT2D eigenvalue weighted by Gasteiger charge is 2.69. The second kappa shape index (κ2) is 17.3. The molecule has 8 fully saturated rings. The van der Waals surface area contributed by atoms with E-state index in [1.54, 1.807) is 0 Å². The van der Waals surface area contributed by atoms with Gasteiger partial charge in [-0.1, -0.05) is 39.3 Å². The van der Waals surface area contributed by atoms with Crippen LogP contribution in [0.1, 0.15) is 92.4 Å². The molecule has 1 spiro atoms. The molecular weight excluding hydrogens is 812 g/mol. The topological polar surface area (TPSA) is 256 Å². The summed E-state index contributed by atoms with van der Waals surface area (Å²) in [6.07, 6.45) is -12.0. The molecular formula is C45H72O17. The van der Waals surface area contributed by atoms with Gasteiger partial charge >= 0.3 is 0 Å². The van der Waals surface area contributed by atoms with Crippen molar-refractivity contribution < 1.29 is 83.9 Å². The van der Waals surface area contributed by atoms with E-state index in [2.05, 4.69) is 33.8 Å². The van der Waals surface area contributed by atoms with E-state index >= 15 is 0 Å². The number of ether oxygens (including phenoxy) is 8. The third-order valence-electron chi connectivity index (χ3n) is 17.7. The minimum atomic E-state index is -1.82. The first kappa shape index (κ1) is 46.2. The van der Waals surface area contributed by atoms with Gasteiger partial charge in [-0.05, 0) is 98.7 Å². The van der Waals surface area contributed by atoms with Gasteiger partial charge in [-0.2, -0.15) is 0 Å². The maximum atomic E-state index is 12.0. The number of fused-ring (bicyclic) bond motifs is 7. The van der Waals surface area contributed by atoms with Crippen LogP contribution < -0.4 is 0 Å². The summed E-state index contributed by atoms with van der Waals surface area (Å²) in [4.78, 5) is 0. The number of hydrogen-bond acceptors (Lipinski definition) is 17. The van der Waals surface area contributed by atoms with Gasteiger partial charge in [0.1, 0.15) is 67.1 Å². The van der Waals surface area contributed by atoms with Crippen LogP contribution in [0.15, 0.2) is 11.6 Å². The fourth-order valence-corrected chi connectivity index (χ4v) is 14.0. The average Bonchev–Trinajstić information content (AvgIpc) is 3.70. The summed E-state index contributed by atoms with van der Waals surface area (Å²) < 4.78 is 49.9. The summed E-state index contributed by atoms with van der Waals surface area (Å²) in [6.45, 7) is 10.4. The Labute approximate surface area is 363 Å². The van der Waals surface area contributed by atoms with Crippen LogP contribution in [0, 0.1) is 46.3 Å². The predicted octanol–water partition coefficient (Wildman–Crippen LogP) is 0.214. The van der Waals surface area contributed by atoms with Gasteiger partial charge in [-0.15, -0.1) is 0 Å². The molecule has 0 amide bonds. The molecule has 0 unspecified atom stereocenters. The van der Waals surface area contributed by atoms with Crippen LogP contribution in [0.2, 0.25) is 0 Å². The third-order valence-corrected chi connectivity index (χ3v) is 17.7. The summed E-state index contributed by atoms with van der Waals surface area (Å²) in [5, 5.41) is 95.7. The Bertz CT molecular complexity index is 1610. The van der Waals surface area contributed by atoms with Crippen molar-refractivity contribution in [3.05, 3.63) is 11.6 Å². The van der Waals surface area contributed by atoms with E-state index in [-0.39, 0.29) is 23.0 Å². The van der Waals surface area contributed by atoms with Crippen molar-refractivity contribution in [3.8, 4) is 0 Å². The lowest BCUT2D eigenvalue weighted by atomic mass is 9.47. The van der Waals surface area contributed by atoms with Crippen molar-refractivity contribution in [2.24, 2.45) is 46.3 Å². The number of aliphatic hydroxyl groups is 9. The molecule has 17 heteroatoms. The number of rotatable bonds is 8. The molecule has 5 heterocycles. The van der Waals surface area contributed by atoms with Crippen LogP contribution in [-0.2, 0) is 37.9 Å². The first-order chi connectivity index (χ1) is 29.4. The van der Waals surface area contributed by atoms with Crippen LogP contribution in [0.25, 0.3) is 0 Å². The zero-order valence-electron chi connectivity index (χ0n) is 36.6. The molecule has 62 heavy (non-hydrogen) atoms. The van der Waals surface area contributed by atoms with Crippen LogP contribution in [0.3, 0.4) is 0 Å². The van der Waals surface area contributed by atoms with Crippen LogP contribution >= 0.6 is 0 Å². The molecule has 17 nitrogen and oxygen atoms in total. The first-order valence-corrected chi connectivity index (χ1v) is 23.4. The summed E-state index contributed by atoms with van der Waals surface area (Å²) >= 11 is 0. The second-order valence-corrected chi connectivity index (χ2v) is 21.1. The zero-order valence-corrected chi connectivity index (χ0v) is 36.6. The molecule has 9 N–H and O–H groups in total. The van der Waals surface area contributed by atoms with E-state index in [1.807, 2.05) is 0 Å². The van der Waals surface area contributed by atoms with Gasteiger partial charge < -0.3 is 83.9 Å². The van der Waals surface area contributed by atoms with Gasteiger partial charge in [0, 0.05) is 12.3 Å². The van der Waals surface area contributed by atoms with Crippen LogP contribution in [0.5, 0.6) is 0 Å². The lowest BCUT2D eigenvalue weighted by molar-refractivity contribution is -0.389. The molecule has 0 radical (unpaired) electrons. The normalized spacial score (nSPS) is 57.6. The number of aliphatic hydroxyl groups excluding tert-OH is 9. The first-order valence-electron chi connectivity index (χ1n) is 23.4. The number of allylic oxidation sites excluding steroid dienone is 1. The lowest BCUT2D eigenvalue weighted by Crippen LogP contribution is -2.67. The predicted molar refractivity (Wildman–Crippen MR) is 214 cm³/mol. The highest BCUT2D eigenvalue weighted by molar-refractivity contribution is 5.26. The van der Waals surface area contributed by atoms with Crippen molar-refractivity contribution in [2.45, 2.75) is 203 Å². The van der Waals surface area contributed by atoms with Gasteiger partial charge in [0.15, 0.2) is 24.7 Å². The molecule has 0 aromatic heterocycles. The monoisotopic (exact) mass is 884 g/mol.